The van der Waals surface area contributed by atoms with Gasteiger partial charge in [-0.05, 0) is 62.8 Å². The first-order valence-corrected chi connectivity index (χ1v) is 13.1. The summed E-state index contributed by atoms with van der Waals surface area (Å²) in [5, 5.41) is 3.65. The van der Waals surface area contributed by atoms with Gasteiger partial charge in [0.2, 0.25) is 11.7 Å². The Hall–Kier alpha value is -2.93. The Bertz CT molecular complexity index is 1040. The molecule has 0 saturated carbocycles. The standard InChI is InChI=1S/C29H41N3O4/c1-20(2)32-23-12-13-24(32)19-31(18-22-8-6-7-9-25(22)30-17-16-23)27(33)15-11-21-10-14-26(34-3)29(36-5)28(21)35-4/h6-10,14,20,23-24,30H,11-13,15-19H2,1-5H3/t23-,24+/m1/s1. The number of methoxy groups -OCH3 is 3. The molecule has 196 valence electrons. The molecule has 2 aromatic rings. The highest BCUT2D eigenvalue weighted by atomic mass is 16.5. The number of benzene rings is 2. The Balaban J connectivity index is 1.58. The number of hydrogen-bond acceptors (Lipinski definition) is 6. The SMILES string of the molecule is COc1ccc(CCC(=O)N2Cc3ccccc3NCC[C@H]3CC[C@@H](C2)N3C(C)C)c(OC)c1OC. The van der Waals surface area contributed by atoms with E-state index in [1.54, 1.807) is 21.3 Å². The number of anilines is 1. The van der Waals surface area contributed by atoms with Crippen LogP contribution in [0, 0.1) is 0 Å². The number of fused-ring (bicyclic) bond motifs is 3. The average molecular weight is 496 g/mol. The van der Waals surface area contributed by atoms with Crippen molar-refractivity contribution in [2.45, 2.75) is 70.6 Å². The number of nitrogens with one attached hydrogen (secondary N) is 1. The van der Waals surface area contributed by atoms with Crippen molar-refractivity contribution in [2.24, 2.45) is 0 Å². The summed E-state index contributed by atoms with van der Waals surface area (Å²) in [5.74, 6) is 1.96. The van der Waals surface area contributed by atoms with Crippen LogP contribution in [0.15, 0.2) is 36.4 Å². The Morgan fingerprint density at radius 3 is 2.44 bits per heavy atom. The summed E-state index contributed by atoms with van der Waals surface area (Å²) in [6.45, 7) is 6.87. The Kier molecular flexibility index (Phi) is 8.62. The quantitative estimate of drug-likeness (QED) is 0.599. The van der Waals surface area contributed by atoms with Gasteiger partial charge in [-0.3, -0.25) is 9.69 Å². The minimum absolute atomic E-state index is 0.160. The number of hydrogen-bond donors (Lipinski definition) is 1. The van der Waals surface area contributed by atoms with Gasteiger partial charge in [-0.15, -0.1) is 0 Å². The first-order valence-electron chi connectivity index (χ1n) is 13.1. The fourth-order valence-electron chi connectivity index (χ4n) is 5.98. The molecule has 0 spiro atoms. The minimum Gasteiger partial charge on any atom is -0.493 e. The molecule has 1 amide bonds. The summed E-state index contributed by atoms with van der Waals surface area (Å²) in [4.78, 5) is 18.5. The molecule has 4 rings (SSSR count). The molecule has 1 N–H and O–H groups in total. The van der Waals surface area contributed by atoms with E-state index >= 15 is 0 Å². The maximum atomic E-state index is 13.7. The monoisotopic (exact) mass is 495 g/mol. The molecule has 2 heterocycles. The van der Waals surface area contributed by atoms with Gasteiger partial charge >= 0.3 is 0 Å². The molecule has 2 aromatic carbocycles. The molecule has 0 radical (unpaired) electrons. The van der Waals surface area contributed by atoms with Crippen LogP contribution < -0.4 is 19.5 Å². The van der Waals surface area contributed by atoms with Gasteiger partial charge in [-0.25, -0.2) is 0 Å². The maximum absolute atomic E-state index is 13.7. The van der Waals surface area contributed by atoms with Gasteiger partial charge in [0.05, 0.1) is 21.3 Å². The summed E-state index contributed by atoms with van der Waals surface area (Å²) in [7, 11) is 4.83. The van der Waals surface area contributed by atoms with E-state index < -0.39 is 0 Å². The second kappa shape index (κ2) is 11.9. The predicted molar refractivity (Wildman–Crippen MR) is 143 cm³/mol. The van der Waals surface area contributed by atoms with Crippen molar-refractivity contribution in [3.05, 3.63) is 47.5 Å². The molecule has 2 atom stereocenters. The highest BCUT2D eigenvalue weighted by Gasteiger charge is 2.37. The number of amides is 1. The first kappa shape index (κ1) is 26.1. The lowest BCUT2D eigenvalue weighted by atomic mass is 10.1. The third-order valence-electron chi connectivity index (χ3n) is 7.62. The van der Waals surface area contributed by atoms with Gasteiger partial charge in [-0.2, -0.15) is 0 Å². The smallest absolute Gasteiger partial charge is 0.223 e. The molecule has 2 aliphatic heterocycles. The lowest BCUT2D eigenvalue weighted by molar-refractivity contribution is -0.132. The van der Waals surface area contributed by atoms with Crippen molar-refractivity contribution >= 4 is 11.6 Å². The zero-order valence-electron chi connectivity index (χ0n) is 22.4. The zero-order chi connectivity index (χ0) is 25.7. The largest absolute Gasteiger partial charge is 0.493 e. The van der Waals surface area contributed by atoms with Crippen LogP contribution in [0.5, 0.6) is 17.2 Å². The summed E-state index contributed by atoms with van der Waals surface area (Å²) in [6, 6.07) is 13.6. The summed E-state index contributed by atoms with van der Waals surface area (Å²) in [5.41, 5.74) is 3.24. The van der Waals surface area contributed by atoms with Gasteiger partial charge in [0.1, 0.15) is 0 Å². The normalized spacial score (nSPS) is 20.3. The second-order valence-corrected chi connectivity index (χ2v) is 10.1. The highest BCUT2D eigenvalue weighted by Crippen LogP contribution is 2.40. The van der Waals surface area contributed by atoms with E-state index in [2.05, 4.69) is 53.2 Å². The van der Waals surface area contributed by atoms with E-state index in [0.717, 1.165) is 37.2 Å². The predicted octanol–water partition coefficient (Wildman–Crippen LogP) is 4.73. The van der Waals surface area contributed by atoms with Gasteiger partial charge in [0.15, 0.2) is 11.5 Å². The third-order valence-corrected chi connectivity index (χ3v) is 7.62. The van der Waals surface area contributed by atoms with Crippen molar-refractivity contribution in [3.8, 4) is 17.2 Å². The molecule has 7 nitrogen and oxygen atoms in total. The third kappa shape index (κ3) is 5.56. The van der Waals surface area contributed by atoms with Gasteiger partial charge in [0, 0.05) is 49.9 Å². The van der Waals surface area contributed by atoms with Crippen LogP contribution >= 0.6 is 0 Å². The molecule has 1 fully saturated rings. The fourth-order valence-corrected chi connectivity index (χ4v) is 5.98. The average Bonchev–Trinajstić information content (AvgIpc) is 3.27. The summed E-state index contributed by atoms with van der Waals surface area (Å²) >= 11 is 0. The second-order valence-electron chi connectivity index (χ2n) is 10.1. The van der Waals surface area contributed by atoms with Crippen molar-refractivity contribution < 1.29 is 19.0 Å². The first-order chi connectivity index (χ1) is 17.5. The van der Waals surface area contributed by atoms with Crippen molar-refractivity contribution in [2.75, 3.05) is 39.7 Å². The van der Waals surface area contributed by atoms with E-state index in [9.17, 15) is 4.79 Å². The number of aryl methyl sites for hydroxylation is 1. The molecule has 2 aliphatic rings. The van der Waals surface area contributed by atoms with Crippen LogP contribution in [0.25, 0.3) is 0 Å². The van der Waals surface area contributed by atoms with Crippen LogP contribution in [0.3, 0.4) is 0 Å². The van der Waals surface area contributed by atoms with E-state index in [1.807, 2.05) is 12.1 Å². The zero-order valence-corrected chi connectivity index (χ0v) is 22.4. The van der Waals surface area contributed by atoms with E-state index in [0.29, 0.717) is 54.8 Å². The number of para-hydroxylation sites is 1. The highest BCUT2D eigenvalue weighted by molar-refractivity contribution is 5.77. The summed E-state index contributed by atoms with van der Waals surface area (Å²) < 4.78 is 16.6. The summed E-state index contributed by atoms with van der Waals surface area (Å²) in [6.07, 6.45) is 4.42. The molecule has 2 bridgehead atoms. The molecule has 7 heteroatoms. The van der Waals surface area contributed by atoms with E-state index in [-0.39, 0.29) is 5.91 Å². The number of carbonyl (C=O) groups is 1. The lowest BCUT2D eigenvalue weighted by Crippen LogP contribution is -2.48. The van der Waals surface area contributed by atoms with Crippen LogP contribution in [0.1, 0.15) is 50.7 Å². The molecule has 1 saturated heterocycles. The minimum atomic E-state index is 0.160. The number of nitrogens with zero attached hydrogens (tertiary/aromatic N) is 2. The number of ether oxygens (including phenoxy) is 3. The van der Waals surface area contributed by atoms with Crippen LogP contribution in [-0.4, -0.2) is 68.3 Å². The molecule has 36 heavy (non-hydrogen) atoms. The van der Waals surface area contributed by atoms with Crippen molar-refractivity contribution in [1.29, 1.82) is 0 Å². The number of rotatable bonds is 7. The van der Waals surface area contributed by atoms with Crippen LogP contribution in [0.4, 0.5) is 5.69 Å². The van der Waals surface area contributed by atoms with Crippen molar-refractivity contribution in [3.63, 3.8) is 0 Å². The topological polar surface area (TPSA) is 63.3 Å². The van der Waals surface area contributed by atoms with Crippen LogP contribution in [0.2, 0.25) is 0 Å². The molecule has 0 aromatic heterocycles. The fraction of sp³-hybridized carbons (Fsp3) is 0.552. The molecular formula is C29H41N3O4. The lowest BCUT2D eigenvalue weighted by Gasteiger charge is -2.36. The number of carbonyl (C=O) groups excluding carboxylic acids is 1. The van der Waals surface area contributed by atoms with E-state index in [4.69, 9.17) is 14.2 Å². The Morgan fingerprint density at radius 1 is 0.972 bits per heavy atom. The van der Waals surface area contributed by atoms with Gasteiger partial charge in [-0.1, -0.05) is 24.3 Å². The molecular weight excluding hydrogens is 454 g/mol. The van der Waals surface area contributed by atoms with Crippen LogP contribution in [-0.2, 0) is 17.8 Å². The maximum Gasteiger partial charge on any atom is 0.223 e. The van der Waals surface area contributed by atoms with Crippen molar-refractivity contribution in [1.82, 2.24) is 9.80 Å². The molecule has 0 aliphatic carbocycles. The van der Waals surface area contributed by atoms with Gasteiger partial charge < -0.3 is 24.4 Å². The van der Waals surface area contributed by atoms with E-state index in [1.165, 1.54) is 12.0 Å². The Morgan fingerprint density at radius 2 is 1.72 bits per heavy atom. The Labute approximate surface area is 215 Å². The molecule has 0 unspecified atom stereocenters. The van der Waals surface area contributed by atoms with Gasteiger partial charge in [0.25, 0.3) is 0 Å².